The smallest absolute Gasteiger partial charge is 0.407 e. The molecule has 0 saturated heterocycles. The molecule has 118 valence electrons. The summed E-state index contributed by atoms with van der Waals surface area (Å²) in [7, 11) is 0. The SMILES string of the molecule is CC(C)(C)OC(=O)NCCCNC(=O)c1cccc(C#N)c1. The summed E-state index contributed by atoms with van der Waals surface area (Å²) < 4.78 is 5.09. The summed E-state index contributed by atoms with van der Waals surface area (Å²) in [5, 5.41) is 14.1. The summed E-state index contributed by atoms with van der Waals surface area (Å²) >= 11 is 0. The molecule has 0 aromatic heterocycles. The van der Waals surface area contributed by atoms with E-state index in [4.69, 9.17) is 10.00 Å². The number of ether oxygens (including phenoxy) is 1. The predicted molar refractivity (Wildman–Crippen MR) is 82.3 cm³/mol. The molecule has 0 unspecified atom stereocenters. The summed E-state index contributed by atoms with van der Waals surface area (Å²) in [5.41, 5.74) is 0.364. The second-order valence-corrected chi connectivity index (χ2v) is 5.73. The first kappa shape index (κ1) is 17.5. The topological polar surface area (TPSA) is 91.2 Å². The fourth-order valence-corrected chi connectivity index (χ4v) is 1.63. The third-order valence-corrected chi connectivity index (χ3v) is 2.56. The van der Waals surface area contributed by atoms with Crippen LogP contribution in [0.25, 0.3) is 0 Å². The van der Waals surface area contributed by atoms with Crippen LogP contribution in [0.2, 0.25) is 0 Å². The minimum atomic E-state index is -0.524. The lowest BCUT2D eigenvalue weighted by molar-refractivity contribution is 0.0527. The number of benzene rings is 1. The van der Waals surface area contributed by atoms with Crippen molar-refractivity contribution in [1.29, 1.82) is 5.26 Å². The zero-order valence-corrected chi connectivity index (χ0v) is 13.1. The molecule has 1 rings (SSSR count). The molecule has 1 aromatic rings. The number of alkyl carbamates (subject to hydrolysis) is 1. The highest BCUT2D eigenvalue weighted by Crippen LogP contribution is 2.06. The van der Waals surface area contributed by atoms with Crippen molar-refractivity contribution in [3.63, 3.8) is 0 Å². The highest BCUT2D eigenvalue weighted by Gasteiger charge is 2.15. The van der Waals surface area contributed by atoms with Crippen LogP contribution in [-0.4, -0.2) is 30.7 Å². The third-order valence-electron chi connectivity index (χ3n) is 2.56. The second kappa shape index (κ2) is 8.03. The average Bonchev–Trinajstić information content (AvgIpc) is 2.45. The highest BCUT2D eigenvalue weighted by atomic mass is 16.6. The Morgan fingerprint density at radius 3 is 2.55 bits per heavy atom. The van der Waals surface area contributed by atoms with E-state index in [2.05, 4.69) is 10.6 Å². The lowest BCUT2D eigenvalue weighted by atomic mass is 10.1. The van der Waals surface area contributed by atoms with Crippen LogP contribution in [0.1, 0.15) is 43.1 Å². The van der Waals surface area contributed by atoms with Gasteiger partial charge in [0.25, 0.3) is 5.91 Å². The summed E-state index contributed by atoms with van der Waals surface area (Å²) in [6.45, 7) is 6.21. The quantitative estimate of drug-likeness (QED) is 0.816. The van der Waals surface area contributed by atoms with Crippen LogP contribution >= 0.6 is 0 Å². The Balaban J connectivity index is 2.26. The van der Waals surface area contributed by atoms with Gasteiger partial charge < -0.3 is 15.4 Å². The third kappa shape index (κ3) is 6.75. The van der Waals surface area contributed by atoms with Crippen LogP contribution in [0.15, 0.2) is 24.3 Å². The van der Waals surface area contributed by atoms with Gasteiger partial charge in [-0.3, -0.25) is 4.79 Å². The molecule has 0 heterocycles. The average molecular weight is 303 g/mol. The van der Waals surface area contributed by atoms with Gasteiger partial charge >= 0.3 is 6.09 Å². The van der Waals surface area contributed by atoms with Gasteiger partial charge in [-0.1, -0.05) is 6.07 Å². The van der Waals surface area contributed by atoms with Crippen LogP contribution in [-0.2, 0) is 4.74 Å². The maximum Gasteiger partial charge on any atom is 0.407 e. The predicted octanol–water partition coefficient (Wildman–Crippen LogP) is 2.20. The van der Waals surface area contributed by atoms with Crippen molar-refractivity contribution in [2.75, 3.05) is 13.1 Å². The van der Waals surface area contributed by atoms with Crippen LogP contribution < -0.4 is 10.6 Å². The van der Waals surface area contributed by atoms with Gasteiger partial charge in [-0.25, -0.2) is 4.79 Å². The fraction of sp³-hybridized carbons (Fsp3) is 0.438. The van der Waals surface area contributed by atoms with Crippen molar-refractivity contribution < 1.29 is 14.3 Å². The van der Waals surface area contributed by atoms with E-state index >= 15 is 0 Å². The Labute approximate surface area is 130 Å². The number of hydrogen-bond donors (Lipinski definition) is 2. The van der Waals surface area contributed by atoms with Crippen LogP contribution in [0.5, 0.6) is 0 Å². The molecule has 0 spiro atoms. The zero-order chi connectivity index (χ0) is 16.6. The zero-order valence-electron chi connectivity index (χ0n) is 13.1. The number of nitrogens with one attached hydrogen (secondary N) is 2. The molecule has 0 aliphatic carbocycles. The number of carbonyl (C=O) groups excluding carboxylic acids is 2. The van der Waals surface area contributed by atoms with Crippen LogP contribution in [0.4, 0.5) is 4.79 Å². The van der Waals surface area contributed by atoms with Crippen molar-refractivity contribution in [1.82, 2.24) is 10.6 Å². The monoisotopic (exact) mass is 303 g/mol. The Hall–Kier alpha value is -2.55. The summed E-state index contributed by atoms with van der Waals surface area (Å²) in [5.74, 6) is -0.241. The summed E-state index contributed by atoms with van der Waals surface area (Å²) in [6, 6.07) is 8.48. The van der Waals surface area contributed by atoms with Crippen molar-refractivity contribution in [2.24, 2.45) is 0 Å². The Bertz CT molecular complexity index is 571. The normalized spacial score (nSPS) is 10.5. The van der Waals surface area contributed by atoms with Crippen molar-refractivity contribution in [3.8, 4) is 6.07 Å². The standard InChI is InChI=1S/C16H21N3O3/c1-16(2,3)22-15(21)19-9-5-8-18-14(20)13-7-4-6-12(10-13)11-17/h4,6-7,10H,5,8-9H2,1-3H3,(H,18,20)(H,19,21). The number of amides is 2. The van der Waals surface area contributed by atoms with Gasteiger partial charge in [0.15, 0.2) is 0 Å². The fourth-order valence-electron chi connectivity index (χ4n) is 1.63. The van der Waals surface area contributed by atoms with E-state index < -0.39 is 11.7 Å². The molecule has 0 atom stereocenters. The highest BCUT2D eigenvalue weighted by molar-refractivity contribution is 5.94. The maximum atomic E-state index is 11.9. The Morgan fingerprint density at radius 1 is 1.23 bits per heavy atom. The molecular weight excluding hydrogens is 282 g/mol. The first-order valence-corrected chi connectivity index (χ1v) is 7.07. The lowest BCUT2D eigenvalue weighted by Gasteiger charge is -2.19. The van der Waals surface area contributed by atoms with Crippen LogP contribution in [0, 0.1) is 11.3 Å². The molecule has 2 N–H and O–H groups in total. The largest absolute Gasteiger partial charge is 0.444 e. The first-order valence-electron chi connectivity index (χ1n) is 7.07. The van der Waals surface area contributed by atoms with Gasteiger partial charge in [-0.2, -0.15) is 5.26 Å². The molecule has 22 heavy (non-hydrogen) atoms. The van der Waals surface area contributed by atoms with Gasteiger partial charge in [0.1, 0.15) is 5.60 Å². The molecule has 6 nitrogen and oxygen atoms in total. The number of nitrogens with zero attached hydrogens (tertiary/aromatic N) is 1. The number of hydrogen-bond acceptors (Lipinski definition) is 4. The number of carbonyl (C=O) groups is 2. The van der Waals surface area contributed by atoms with E-state index in [1.165, 1.54) is 6.07 Å². The minimum Gasteiger partial charge on any atom is -0.444 e. The van der Waals surface area contributed by atoms with Gasteiger partial charge in [0.05, 0.1) is 11.6 Å². The number of nitriles is 1. The van der Waals surface area contributed by atoms with Gasteiger partial charge in [0.2, 0.25) is 0 Å². The van der Waals surface area contributed by atoms with E-state index in [9.17, 15) is 9.59 Å². The number of rotatable bonds is 5. The maximum absolute atomic E-state index is 11.9. The molecule has 0 saturated carbocycles. The molecule has 6 heteroatoms. The Kier molecular flexibility index (Phi) is 6.39. The van der Waals surface area contributed by atoms with Crippen LogP contribution in [0.3, 0.4) is 0 Å². The van der Waals surface area contributed by atoms with Gasteiger partial charge in [-0.15, -0.1) is 0 Å². The van der Waals surface area contributed by atoms with Crippen molar-refractivity contribution in [3.05, 3.63) is 35.4 Å². The van der Waals surface area contributed by atoms with E-state index in [0.717, 1.165) is 0 Å². The van der Waals surface area contributed by atoms with Crippen molar-refractivity contribution >= 4 is 12.0 Å². The van der Waals surface area contributed by atoms with E-state index in [1.807, 2.05) is 6.07 Å². The van der Waals surface area contributed by atoms with Gasteiger partial charge in [-0.05, 0) is 45.4 Å². The first-order chi connectivity index (χ1) is 10.3. The molecule has 0 radical (unpaired) electrons. The molecule has 0 fully saturated rings. The molecule has 2 amide bonds. The van der Waals surface area contributed by atoms with E-state index in [-0.39, 0.29) is 5.91 Å². The lowest BCUT2D eigenvalue weighted by Crippen LogP contribution is -2.34. The van der Waals surface area contributed by atoms with Gasteiger partial charge in [0, 0.05) is 18.7 Å². The van der Waals surface area contributed by atoms with E-state index in [1.54, 1.807) is 39.0 Å². The summed E-state index contributed by atoms with van der Waals surface area (Å²) in [6.07, 6.45) is 0.115. The minimum absolute atomic E-state index is 0.241. The van der Waals surface area contributed by atoms with Crippen molar-refractivity contribution in [2.45, 2.75) is 32.8 Å². The molecule has 0 bridgehead atoms. The van der Waals surface area contributed by atoms with E-state index in [0.29, 0.717) is 30.6 Å². The molecule has 0 aliphatic rings. The summed E-state index contributed by atoms with van der Waals surface area (Å²) in [4.78, 5) is 23.3. The molecule has 0 aliphatic heterocycles. The Morgan fingerprint density at radius 2 is 1.91 bits per heavy atom. The molecular formula is C16H21N3O3. The second-order valence-electron chi connectivity index (χ2n) is 5.73. The molecule has 1 aromatic carbocycles.